The van der Waals surface area contributed by atoms with Crippen molar-refractivity contribution in [2.45, 2.75) is 25.9 Å². The van der Waals surface area contributed by atoms with Crippen LogP contribution in [0.3, 0.4) is 0 Å². The lowest BCUT2D eigenvalue weighted by Crippen LogP contribution is -2.29. The second-order valence-corrected chi connectivity index (χ2v) is 5.01. The van der Waals surface area contributed by atoms with Crippen LogP contribution in [-0.4, -0.2) is 24.5 Å². The van der Waals surface area contributed by atoms with Crippen LogP contribution in [0.15, 0.2) is 24.3 Å². The summed E-state index contributed by atoms with van der Waals surface area (Å²) in [4.78, 5) is 2.23. The monoisotopic (exact) mass is 287 g/mol. The molecule has 5 heteroatoms. The number of benzene rings is 1. The quantitative estimate of drug-likeness (QED) is 0.747. The maximum absolute atomic E-state index is 13.4. The average molecular weight is 287 g/mol. The molecule has 1 aromatic carbocycles. The molecule has 1 aliphatic heterocycles. The Morgan fingerprint density at radius 2 is 1.95 bits per heavy atom. The van der Waals surface area contributed by atoms with E-state index in [-0.39, 0.29) is 0 Å². The summed E-state index contributed by atoms with van der Waals surface area (Å²) in [6, 6.07) is 2.75. The van der Waals surface area contributed by atoms with Gasteiger partial charge in [-0.1, -0.05) is 13.0 Å². The summed E-state index contributed by atoms with van der Waals surface area (Å²) in [6.45, 7) is 4.57. The summed E-state index contributed by atoms with van der Waals surface area (Å²) in [5.74, 6) is -0.841. The predicted octanol–water partition coefficient (Wildman–Crippen LogP) is 4.34. The zero-order valence-corrected chi connectivity index (χ0v) is 11.3. The minimum absolute atomic E-state index is 0.341. The van der Waals surface area contributed by atoms with E-state index >= 15 is 0 Å². The van der Waals surface area contributed by atoms with Gasteiger partial charge in [0.25, 0.3) is 0 Å². The average Bonchev–Trinajstić information content (AvgIpc) is 2.38. The standard InChI is InChI=1S/C15H17F4N/c1-2-5-20-6-3-11(4-7-20)12-8-13(15(17,18)19)10-14(16)9-12/h3,8-10H,2,4-7H2,1H3. The Labute approximate surface area is 115 Å². The van der Waals surface area contributed by atoms with Crippen molar-refractivity contribution < 1.29 is 17.6 Å². The van der Waals surface area contributed by atoms with Crippen molar-refractivity contribution >= 4 is 5.57 Å². The zero-order chi connectivity index (χ0) is 14.8. The molecule has 0 aromatic heterocycles. The maximum atomic E-state index is 13.4. The van der Waals surface area contributed by atoms with Gasteiger partial charge in [-0.3, -0.25) is 4.90 Å². The fraction of sp³-hybridized carbons (Fsp3) is 0.467. The highest BCUT2D eigenvalue weighted by atomic mass is 19.4. The van der Waals surface area contributed by atoms with Crippen LogP contribution in [0.2, 0.25) is 0 Å². The second-order valence-electron chi connectivity index (χ2n) is 5.01. The third kappa shape index (κ3) is 3.60. The summed E-state index contributed by atoms with van der Waals surface area (Å²) in [5, 5.41) is 0. The van der Waals surface area contributed by atoms with Crippen molar-refractivity contribution in [1.29, 1.82) is 0 Å². The van der Waals surface area contributed by atoms with Crippen LogP contribution in [0.25, 0.3) is 5.57 Å². The highest BCUT2D eigenvalue weighted by Crippen LogP contribution is 2.33. The van der Waals surface area contributed by atoms with Gasteiger partial charge < -0.3 is 0 Å². The van der Waals surface area contributed by atoms with E-state index in [0.717, 1.165) is 31.1 Å². The first-order chi connectivity index (χ1) is 9.40. The molecule has 1 aromatic rings. The van der Waals surface area contributed by atoms with Crippen molar-refractivity contribution in [3.8, 4) is 0 Å². The number of nitrogens with zero attached hydrogens (tertiary/aromatic N) is 1. The minimum atomic E-state index is -4.51. The van der Waals surface area contributed by atoms with E-state index in [0.29, 0.717) is 24.6 Å². The first-order valence-electron chi connectivity index (χ1n) is 6.69. The molecular formula is C15H17F4N. The van der Waals surface area contributed by atoms with E-state index in [1.165, 1.54) is 6.07 Å². The molecule has 1 heterocycles. The number of halogens is 4. The Hall–Kier alpha value is -1.36. The van der Waals surface area contributed by atoms with Crippen LogP contribution < -0.4 is 0 Å². The molecule has 1 nitrogen and oxygen atoms in total. The highest BCUT2D eigenvalue weighted by molar-refractivity contribution is 5.67. The summed E-state index contributed by atoms with van der Waals surface area (Å²) in [6.07, 6.45) is -0.920. The van der Waals surface area contributed by atoms with Crippen LogP contribution >= 0.6 is 0 Å². The summed E-state index contributed by atoms with van der Waals surface area (Å²) in [7, 11) is 0. The second kappa shape index (κ2) is 5.95. The molecular weight excluding hydrogens is 270 g/mol. The summed E-state index contributed by atoms with van der Waals surface area (Å²) < 4.78 is 51.4. The third-order valence-corrected chi connectivity index (χ3v) is 3.43. The molecule has 0 N–H and O–H groups in total. The number of rotatable bonds is 3. The van der Waals surface area contributed by atoms with Crippen molar-refractivity contribution in [2.24, 2.45) is 0 Å². The molecule has 0 aliphatic carbocycles. The smallest absolute Gasteiger partial charge is 0.299 e. The molecule has 0 atom stereocenters. The lowest BCUT2D eigenvalue weighted by atomic mass is 9.97. The van der Waals surface area contributed by atoms with E-state index in [1.807, 2.05) is 6.08 Å². The van der Waals surface area contributed by atoms with Gasteiger partial charge in [0.2, 0.25) is 0 Å². The van der Waals surface area contributed by atoms with Crippen molar-refractivity contribution in [3.05, 3.63) is 41.2 Å². The molecule has 20 heavy (non-hydrogen) atoms. The first kappa shape index (κ1) is 15.0. The predicted molar refractivity (Wildman–Crippen MR) is 70.7 cm³/mol. The first-order valence-corrected chi connectivity index (χ1v) is 6.69. The number of hydrogen-bond acceptors (Lipinski definition) is 1. The van der Waals surface area contributed by atoms with E-state index in [2.05, 4.69) is 11.8 Å². The molecule has 1 aliphatic rings. The van der Waals surface area contributed by atoms with Gasteiger partial charge in [0.15, 0.2) is 0 Å². The van der Waals surface area contributed by atoms with Crippen LogP contribution in [-0.2, 0) is 6.18 Å². The van der Waals surface area contributed by atoms with Gasteiger partial charge in [0, 0.05) is 13.1 Å². The molecule has 0 unspecified atom stereocenters. The van der Waals surface area contributed by atoms with E-state index in [9.17, 15) is 17.6 Å². The SMILES string of the molecule is CCCN1CC=C(c2cc(F)cc(C(F)(F)F)c2)CC1. The van der Waals surface area contributed by atoms with Crippen molar-refractivity contribution in [1.82, 2.24) is 4.90 Å². The maximum Gasteiger partial charge on any atom is 0.416 e. The zero-order valence-electron chi connectivity index (χ0n) is 11.3. The Balaban J connectivity index is 2.24. The summed E-state index contributed by atoms with van der Waals surface area (Å²) in [5.41, 5.74) is 0.209. The van der Waals surface area contributed by atoms with E-state index in [4.69, 9.17) is 0 Å². The fourth-order valence-electron chi connectivity index (χ4n) is 2.43. The molecule has 110 valence electrons. The van der Waals surface area contributed by atoms with Gasteiger partial charge in [-0.05, 0) is 48.7 Å². The van der Waals surface area contributed by atoms with Gasteiger partial charge in [-0.25, -0.2) is 4.39 Å². The van der Waals surface area contributed by atoms with Crippen molar-refractivity contribution in [3.63, 3.8) is 0 Å². The van der Waals surface area contributed by atoms with Crippen LogP contribution in [0.1, 0.15) is 30.9 Å². The van der Waals surface area contributed by atoms with E-state index in [1.54, 1.807) is 0 Å². The van der Waals surface area contributed by atoms with Gasteiger partial charge in [0.05, 0.1) is 5.56 Å². The normalized spacial score (nSPS) is 17.1. The Kier molecular flexibility index (Phi) is 4.48. The Morgan fingerprint density at radius 3 is 2.50 bits per heavy atom. The lowest BCUT2D eigenvalue weighted by molar-refractivity contribution is -0.137. The molecule has 0 spiro atoms. The van der Waals surface area contributed by atoms with Crippen LogP contribution in [0.5, 0.6) is 0 Å². The number of hydrogen-bond donors (Lipinski definition) is 0. The largest absolute Gasteiger partial charge is 0.416 e. The molecule has 0 radical (unpaired) electrons. The van der Waals surface area contributed by atoms with Crippen LogP contribution in [0, 0.1) is 5.82 Å². The van der Waals surface area contributed by atoms with E-state index < -0.39 is 17.6 Å². The molecule has 0 saturated carbocycles. The molecule has 0 fully saturated rings. The van der Waals surface area contributed by atoms with Crippen molar-refractivity contribution in [2.75, 3.05) is 19.6 Å². The topological polar surface area (TPSA) is 3.24 Å². The molecule has 0 saturated heterocycles. The molecule has 2 rings (SSSR count). The minimum Gasteiger partial charge on any atom is -0.299 e. The van der Waals surface area contributed by atoms with Gasteiger partial charge in [-0.2, -0.15) is 13.2 Å². The lowest BCUT2D eigenvalue weighted by Gasteiger charge is -2.26. The van der Waals surface area contributed by atoms with Crippen LogP contribution in [0.4, 0.5) is 17.6 Å². The summed E-state index contributed by atoms with van der Waals surface area (Å²) >= 11 is 0. The third-order valence-electron chi connectivity index (χ3n) is 3.43. The van der Waals surface area contributed by atoms with Gasteiger partial charge >= 0.3 is 6.18 Å². The highest BCUT2D eigenvalue weighted by Gasteiger charge is 2.31. The van der Waals surface area contributed by atoms with Gasteiger partial charge in [0.1, 0.15) is 5.82 Å². The molecule has 0 bridgehead atoms. The molecule has 0 amide bonds. The fourth-order valence-corrected chi connectivity index (χ4v) is 2.43. The number of alkyl halides is 3. The van der Waals surface area contributed by atoms with Gasteiger partial charge in [-0.15, -0.1) is 0 Å². The Bertz CT molecular complexity index is 505. The Morgan fingerprint density at radius 1 is 1.20 bits per heavy atom.